The van der Waals surface area contributed by atoms with Crippen LogP contribution in [0.2, 0.25) is 0 Å². The molecular weight excluding hydrogens is 326 g/mol. The summed E-state index contributed by atoms with van der Waals surface area (Å²) in [6.07, 6.45) is 1.75. The van der Waals surface area contributed by atoms with Crippen LogP contribution in [0.15, 0.2) is 54.6 Å². The molecule has 0 aliphatic heterocycles. The molecular formula is C22H27NO3. The topological polar surface area (TPSA) is 61.6 Å². The van der Waals surface area contributed by atoms with Crippen molar-refractivity contribution in [2.75, 3.05) is 6.61 Å². The van der Waals surface area contributed by atoms with Gasteiger partial charge in [-0.25, -0.2) is 0 Å². The van der Waals surface area contributed by atoms with Gasteiger partial charge in [0.05, 0.1) is 6.61 Å². The zero-order valence-electron chi connectivity index (χ0n) is 15.4. The van der Waals surface area contributed by atoms with E-state index in [2.05, 4.69) is 36.4 Å². The zero-order chi connectivity index (χ0) is 18.5. The molecule has 0 unspecified atom stereocenters. The van der Waals surface area contributed by atoms with Crippen molar-refractivity contribution in [1.29, 1.82) is 0 Å². The third kappa shape index (κ3) is 4.93. The highest BCUT2D eigenvalue weighted by atomic mass is 16.6. The molecule has 1 fully saturated rings. The number of carbonyl (C=O) groups is 1. The summed E-state index contributed by atoms with van der Waals surface area (Å²) in [6, 6.07) is 17.9. The van der Waals surface area contributed by atoms with E-state index in [0.29, 0.717) is 12.5 Å². The summed E-state index contributed by atoms with van der Waals surface area (Å²) in [5.41, 5.74) is 8.95. The van der Waals surface area contributed by atoms with E-state index in [4.69, 9.17) is 15.2 Å². The van der Waals surface area contributed by atoms with Crippen LogP contribution in [-0.4, -0.2) is 24.7 Å². The summed E-state index contributed by atoms with van der Waals surface area (Å²) in [4.78, 5) is 11.9. The van der Waals surface area contributed by atoms with Crippen LogP contribution in [0, 0.1) is 5.92 Å². The summed E-state index contributed by atoms with van der Waals surface area (Å²) < 4.78 is 11.6. The molecule has 1 aliphatic rings. The van der Waals surface area contributed by atoms with E-state index >= 15 is 0 Å². The molecule has 4 nitrogen and oxygen atoms in total. The summed E-state index contributed by atoms with van der Waals surface area (Å²) >= 11 is 0. The van der Waals surface area contributed by atoms with Crippen molar-refractivity contribution in [1.82, 2.24) is 0 Å². The minimum Gasteiger partial charge on any atom is -0.458 e. The quantitative estimate of drug-likeness (QED) is 0.726. The molecule has 2 N–H and O–H groups in total. The Morgan fingerprint density at radius 1 is 1.04 bits per heavy atom. The predicted octanol–water partition coefficient (Wildman–Crippen LogP) is 4.10. The van der Waals surface area contributed by atoms with Crippen molar-refractivity contribution in [3.8, 4) is 11.1 Å². The maximum absolute atomic E-state index is 11.9. The second kappa shape index (κ2) is 8.47. The molecule has 0 bridgehead atoms. The van der Waals surface area contributed by atoms with Gasteiger partial charge in [0.25, 0.3) is 0 Å². The van der Waals surface area contributed by atoms with E-state index in [1.165, 1.54) is 18.4 Å². The Bertz CT molecular complexity index is 708. The Labute approximate surface area is 155 Å². The Hall–Kier alpha value is -2.17. The molecule has 2 aromatic carbocycles. The van der Waals surface area contributed by atoms with Crippen LogP contribution in [0.1, 0.15) is 38.4 Å². The van der Waals surface area contributed by atoms with Gasteiger partial charge in [0.2, 0.25) is 0 Å². The number of hydrogen-bond donors (Lipinski definition) is 1. The lowest BCUT2D eigenvalue weighted by Crippen LogP contribution is -2.34. The van der Waals surface area contributed by atoms with Crippen molar-refractivity contribution in [3.05, 3.63) is 60.2 Å². The van der Waals surface area contributed by atoms with Crippen LogP contribution in [0.3, 0.4) is 0 Å². The Morgan fingerprint density at radius 2 is 1.65 bits per heavy atom. The fraction of sp³-hybridized carbons (Fsp3) is 0.409. The third-order valence-corrected chi connectivity index (χ3v) is 4.65. The van der Waals surface area contributed by atoms with Crippen LogP contribution in [0.25, 0.3) is 11.1 Å². The lowest BCUT2D eigenvalue weighted by Gasteiger charge is -2.26. The fourth-order valence-electron chi connectivity index (χ4n) is 2.88. The Morgan fingerprint density at radius 3 is 2.23 bits per heavy atom. The highest BCUT2D eigenvalue weighted by Crippen LogP contribution is 2.33. The third-order valence-electron chi connectivity index (χ3n) is 4.65. The molecule has 1 saturated carbocycles. The molecule has 0 heterocycles. The molecule has 2 aromatic rings. The number of esters is 1. The van der Waals surface area contributed by atoms with Gasteiger partial charge >= 0.3 is 5.97 Å². The first-order valence-corrected chi connectivity index (χ1v) is 9.27. The van der Waals surface area contributed by atoms with Gasteiger partial charge in [-0.3, -0.25) is 4.79 Å². The highest BCUT2D eigenvalue weighted by Gasteiger charge is 2.28. The largest absolute Gasteiger partial charge is 0.458 e. The van der Waals surface area contributed by atoms with Crippen molar-refractivity contribution < 1.29 is 14.3 Å². The van der Waals surface area contributed by atoms with Crippen LogP contribution in [0.4, 0.5) is 0 Å². The van der Waals surface area contributed by atoms with Crippen LogP contribution < -0.4 is 5.73 Å². The average molecular weight is 353 g/mol. The standard InChI is InChI=1S/C22H27NO3/c1-15(23)22(24)26-16(2)21(25-14-17-8-9-17)20-12-10-19(11-13-20)18-6-4-3-5-7-18/h3-7,10-13,15-17,21H,8-9,14,23H2,1-2H3/t15-,16-,21-/m0/s1. The van der Waals surface area contributed by atoms with Gasteiger partial charge in [0.15, 0.2) is 0 Å². The lowest BCUT2D eigenvalue weighted by atomic mass is 10.00. The van der Waals surface area contributed by atoms with Crippen LogP contribution in [-0.2, 0) is 14.3 Å². The number of hydrogen-bond acceptors (Lipinski definition) is 4. The number of rotatable bonds is 8. The smallest absolute Gasteiger partial charge is 0.322 e. The van der Waals surface area contributed by atoms with E-state index in [9.17, 15) is 4.79 Å². The van der Waals surface area contributed by atoms with E-state index in [-0.39, 0.29) is 6.10 Å². The summed E-state index contributed by atoms with van der Waals surface area (Å²) in [5, 5.41) is 0. The first-order valence-electron chi connectivity index (χ1n) is 9.27. The number of carbonyl (C=O) groups excluding carboxylic acids is 1. The molecule has 26 heavy (non-hydrogen) atoms. The minimum absolute atomic E-state index is 0.289. The predicted molar refractivity (Wildman–Crippen MR) is 102 cm³/mol. The van der Waals surface area contributed by atoms with Crippen molar-refractivity contribution in [2.45, 2.75) is 44.9 Å². The Kier molecular flexibility index (Phi) is 6.07. The normalized spacial score (nSPS) is 17.3. The SMILES string of the molecule is C[C@H](N)C(=O)O[C@@H](C)[C@H](OCC1CC1)c1ccc(-c2ccccc2)cc1. The minimum atomic E-state index is -0.637. The highest BCUT2D eigenvalue weighted by molar-refractivity contribution is 5.75. The lowest BCUT2D eigenvalue weighted by molar-refractivity contribution is -0.158. The summed E-state index contributed by atoms with van der Waals surface area (Å²) in [7, 11) is 0. The first kappa shape index (κ1) is 18.6. The molecule has 3 atom stereocenters. The van der Waals surface area contributed by atoms with Gasteiger partial charge in [-0.05, 0) is 49.3 Å². The maximum Gasteiger partial charge on any atom is 0.322 e. The molecule has 138 valence electrons. The average Bonchev–Trinajstić information content (AvgIpc) is 3.47. The molecule has 0 aromatic heterocycles. The van der Waals surface area contributed by atoms with Gasteiger partial charge in [0.1, 0.15) is 18.2 Å². The van der Waals surface area contributed by atoms with Gasteiger partial charge in [-0.1, -0.05) is 54.6 Å². The number of ether oxygens (including phenoxy) is 2. The molecule has 0 radical (unpaired) electrons. The molecule has 0 amide bonds. The van der Waals surface area contributed by atoms with E-state index < -0.39 is 18.1 Å². The van der Waals surface area contributed by atoms with Crippen molar-refractivity contribution in [3.63, 3.8) is 0 Å². The van der Waals surface area contributed by atoms with Crippen molar-refractivity contribution >= 4 is 5.97 Å². The van der Waals surface area contributed by atoms with Gasteiger partial charge in [-0.2, -0.15) is 0 Å². The first-order chi connectivity index (χ1) is 12.5. The molecule has 0 spiro atoms. The van der Waals surface area contributed by atoms with Gasteiger partial charge in [-0.15, -0.1) is 0 Å². The summed E-state index contributed by atoms with van der Waals surface area (Å²) in [6.45, 7) is 4.19. The molecule has 1 aliphatic carbocycles. The van der Waals surface area contributed by atoms with E-state index in [1.54, 1.807) is 6.92 Å². The monoisotopic (exact) mass is 353 g/mol. The van der Waals surface area contributed by atoms with Crippen LogP contribution in [0.5, 0.6) is 0 Å². The number of nitrogens with two attached hydrogens (primary N) is 1. The summed E-state index contributed by atoms with van der Waals surface area (Å²) in [5.74, 6) is 0.232. The molecule has 4 heteroatoms. The van der Waals surface area contributed by atoms with E-state index in [1.807, 2.05) is 25.1 Å². The van der Waals surface area contributed by atoms with Gasteiger partial charge < -0.3 is 15.2 Å². The zero-order valence-corrected chi connectivity index (χ0v) is 15.4. The number of benzene rings is 2. The van der Waals surface area contributed by atoms with E-state index in [0.717, 1.165) is 11.1 Å². The van der Waals surface area contributed by atoms with Crippen molar-refractivity contribution in [2.24, 2.45) is 11.7 Å². The molecule has 3 rings (SSSR count). The van der Waals surface area contributed by atoms with Crippen LogP contribution >= 0.6 is 0 Å². The second-order valence-corrected chi connectivity index (χ2v) is 7.12. The Balaban J connectivity index is 1.75. The fourth-order valence-corrected chi connectivity index (χ4v) is 2.88. The van der Waals surface area contributed by atoms with Gasteiger partial charge in [0, 0.05) is 0 Å². The second-order valence-electron chi connectivity index (χ2n) is 7.12. The maximum atomic E-state index is 11.9. The molecule has 0 saturated heterocycles.